The van der Waals surface area contributed by atoms with Crippen molar-refractivity contribution in [3.05, 3.63) is 17.4 Å². The summed E-state index contributed by atoms with van der Waals surface area (Å²) in [5.74, 6) is 0.717. The highest BCUT2D eigenvalue weighted by Gasteiger charge is 2.36. The Hall–Kier alpha value is -1.27. The smallest absolute Gasteiger partial charge is 0.184 e. The summed E-state index contributed by atoms with van der Waals surface area (Å²) in [7, 11) is 0. The number of nitrogens with one attached hydrogen (secondary N) is 1. The molecule has 0 unspecified atom stereocenters. The minimum Gasteiger partial charge on any atom is -0.320 e. The van der Waals surface area contributed by atoms with Gasteiger partial charge in [0.1, 0.15) is 6.33 Å². The molecule has 0 aromatic carbocycles. The Balaban J connectivity index is 1.94. The van der Waals surface area contributed by atoms with Crippen molar-refractivity contribution < 1.29 is 0 Å². The van der Waals surface area contributed by atoms with Crippen LogP contribution in [-0.4, -0.2) is 20.2 Å². The molecule has 3 rings (SSSR count). The molecular formula is C9H11N5S. The third kappa shape index (κ3) is 1.37. The van der Waals surface area contributed by atoms with E-state index >= 15 is 0 Å². The van der Waals surface area contributed by atoms with E-state index in [1.165, 1.54) is 12.7 Å². The number of hydrogen-bond acceptors (Lipinski definition) is 5. The minimum absolute atomic E-state index is 0.186. The van der Waals surface area contributed by atoms with Crippen molar-refractivity contribution in [1.29, 1.82) is 0 Å². The number of hydrogen-bond donors (Lipinski definition) is 2. The molecule has 6 heteroatoms. The van der Waals surface area contributed by atoms with Gasteiger partial charge in [0.05, 0.1) is 11.2 Å². The first kappa shape index (κ1) is 8.99. The summed E-state index contributed by atoms with van der Waals surface area (Å²) in [6.45, 7) is 0. The summed E-state index contributed by atoms with van der Waals surface area (Å²) in [5, 5.41) is 9.49. The molecule has 3 N–H and O–H groups in total. The second-order valence-corrected chi connectivity index (χ2v) is 4.74. The van der Waals surface area contributed by atoms with Gasteiger partial charge < -0.3 is 5.73 Å². The number of H-pyrrole nitrogens is 1. The number of aromatic amines is 1. The molecule has 0 atom stereocenters. The van der Waals surface area contributed by atoms with Crippen LogP contribution in [0.3, 0.4) is 0 Å². The van der Waals surface area contributed by atoms with Gasteiger partial charge in [-0.15, -0.1) is 11.3 Å². The normalized spacial score (nSPS) is 18.7. The van der Waals surface area contributed by atoms with Crippen LogP contribution in [0.5, 0.6) is 0 Å². The maximum absolute atomic E-state index is 6.19. The Morgan fingerprint density at radius 3 is 2.93 bits per heavy atom. The van der Waals surface area contributed by atoms with Gasteiger partial charge in [-0.1, -0.05) is 0 Å². The summed E-state index contributed by atoms with van der Waals surface area (Å²) in [5.41, 5.74) is 6.99. The lowest BCUT2D eigenvalue weighted by Crippen LogP contribution is -2.43. The molecule has 1 saturated carbocycles. The average Bonchev–Trinajstić information content (AvgIpc) is 2.84. The van der Waals surface area contributed by atoms with Crippen molar-refractivity contribution >= 4 is 11.3 Å². The van der Waals surface area contributed by atoms with E-state index in [1.54, 1.807) is 11.3 Å². The Labute approximate surface area is 90.8 Å². The van der Waals surface area contributed by atoms with Gasteiger partial charge in [0, 0.05) is 5.38 Å². The van der Waals surface area contributed by atoms with Gasteiger partial charge in [-0.2, -0.15) is 5.10 Å². The monoisotopic (exact) mass is 221 g/mol. The number of rotatable bonds is 2. The molecule has 15 heavy (non-hydrogen) atoms. The highest BCUT2D eigenvalue weighted by Crippen LogP contribution is 2.39. The Morgan fingerprint density at radius 2 is 2.33 bits per heavy atom. The predicted octanol–water partition coefficient (Wildman–Crippen LogP) is 1.27. The van der Waals surface area contributed by atoms with Crippen molar-refractivity contribution in [2.75, 3.05) is 0 Å². The van der Waals surface area contributed by atoms with Gasteiger partial charge in [-0.3, -0.25) is 5.10 Å². The van der Waals surface area contributed by atoms with Gasteiger partial charge in [0.2, 0.25) is 0 Å². The fraction of sp³-hybridized carbons (Fsp3) is 0.444. The lowest BCUT2D eigenvalue weighted by atomic mass is 9.76. The van der Waals surface area contributed by atoms with E-state index in [1.807, 2.05) is 5.38 Å². The van der Waals surface area contributed by atoms with Crippen LogP contribution in [0.1, 0.15) is 25.0 Å². The lowest BCUT2D eigenvalue weighted by Gasteiger charge is -2.36. The van der Waals surface area contributed by atoms with Crippen LogP contribution in [0.25, 0.3) is 10.8 Å². The van der Waals surface area contributed by atoms with Gasteiger partial charge in [0.25, 0.3) is 0 Å². The Morgan fingerprint density at radius 1 is 1.47 bits per heavy atom. The minimum atomic E-state index is -0.186. The summed E-state index contributed by atoms with van der Waals surface area (Å²) in [6.07, 6.45) is 4.75. The van der Waals surface area contributed by atoms with Crippen molar-refractivity contribution in [1.82, 2.24) is 20.2 Å². The van der Waals surface area contributed by atoms with E-state index in [-0.39, 0.29) is 5.54 Å². The SMILES string of the molecule is NC1(c2csc(-c3ncn[nH]3)n2)CCC1. The molecule has 2 heterocycles. The first-order chi connectivity index (χ1) is 7.28. The van der Waals surface area contributed by atoms with E-state index in [9.17, 15) is 0 Å². The van der Waals surface area contributed by atoms with Crippen LogP contribution >= 0.6 is 11.3 Å². The van der Waals surface area contributed by atoms with Crippen LogP contribution in [0.4, 0.5) is 0 Å². The third-order valence-electron chi connectivity index (χ3n) is 2.88. The molecule has 2 aromatic heterocycles. The molecule has 1 aliphatic carbocycles. The average molecular weight is 221 g/mol. The molecule has 0 radical (unpaired) electrons. The lowest BCUT2D eigenvalue weighted by molar-refractivity contribution is 0.247. The molecule has 0 saturated heterocycles. The summed E-state index contributed by atoms with van der Waals surface area (Å²) in [6, 6.07) is 0. The van der Waals surface area contributed by atoms with E-state index in [4.69, 9.17) is 5.73 Å². The molecule has 5 nitrogen and oxygen atoms in total. The van der Waals surface area contributed by atoms with Crippen LogP contribution in [0.15, 0.2) is 11.7 Å². The summed E-state index contributed by atoms with van der Waals surface area (Å²) < 4.78 is 0. The van der Waals surface area contributed by atoms with Crippen molar-refractivity contribution in [2.24, 2.45) is 5.73 Å². The standard InChI is InChI=1S/C9H11N5S/c10-9(2-1-3-9)6-4-15-8(13-6)7-11-5-12-14-7/h4-5H,1-3,10H2,(H,11,12,14). The van der Waals surface area contributed by atoms with E-state index < -0.39 is 0 Å². The highest BCUT2D eigenvalue weighted by atomic mass is 32.1. The Kier molecular flexibility index (Phi) is 1.86. The van der Waals surface area contributed by atoms with E-state index in [0.29, 0.717) is 5.82 Å². The number of nitrogens with two attached hydrogens (primary N) is 1. The first-order valence-corrected chi connectivity index (χ1v) is 5.76. The van der Waals surface area contributed by atoms with Gasteiger partial charge in [-0.05, 0) is 19.3 Å². The number of thiazole rings is 1. The van der Waals surface area contributed by atoms with Crippen LogP contribution in [-0.2, 0) is 5.54 Å². The largest absolute Gasteiger partial charge is 0.320 e. The Bertz CT molecular complexity index is 457. The number of aromatic nitrogens is 4. The quantitative estimate of drug-likeness (QED) is 0.800. The summed E-state index contributed by atoms with van der Waals surface area (Å²) >= 11 is 1.56. The number of nitrogens with zero attached hydrogens (tertiary/aromatic N) is 3. The third-order valence-corrected chi connectivity index (χ3v) is 3.73. The predicted molar refractivity (Wildman–Crippen MR) is 57.2 cm³/mol. The van der Waals surface area contributed by atoms with E-state index in [0.717, 1.165) is 23.5 Å². The zero-order valence-corrected chi connectivity index (χ0v) is 8.92. The van der Waals surface area contributed by atoms with Crippen LogP contribution in [0.2, 0.25) is 0 Å². The van der Waals surface area contributed by atoms with Crippen molar-refractivity contribution in [3.63, 3.8) is 0 Å². The van der Waals surface area contributed by atoms with Crippen LogP contribution in [0, 0.1) is 0 Å². The zero-order valence-electron chi connectivity index (χ0n) is 8.10. The molecule has 0 spiro atoms. The molecule has 1 aliphatic rings. The van der Waals surface area contributed by atoms with Crippen molar-refractivity contribution in [3.8, 4) is 10.8 Å². The fourth-order valence-electron chi connectivity index (χ4n) is 1.73. The molecule has 0 bridgehead atoms. The molecule has 78 valence electrons. The fourth-order valence-corrected chi connectivity index (χ4v) is 2.61. The van der Waals surface area contributed by atoms with Gasteiger partial charge in [-0.25, -0.2) is 9.97 Å². The van der Waals surface area contributed by atoms with Gasteiger partial charge >= 0.3 is 0 Å². The maximum Gasteiger partial charge on any atom is 0.184 e. The molecule has 0 amide bonds. The molecule has 2 aromatic rings. The highest BCUT2D eigenvalue weighted by molar-refractivity contribution is 7.13. The first-order valence-electron chi connectivity index (χ1n) is 4.89. The molecule has 0 aliphatic heterocycles. The van der Waals surface area contributed by atoms with Crippen molar-refractivity contribution in [2.45, 2.75) is 24.8 Å². The zero-order chi connectivity index (χ0) is 10.3. The second-order valence-electron chi connectivity index (χ2n) is 3.88. The summed E-state index contributed by atoms with van der Waals surface area (Å²) in [4.78, 5) is 8.57. The van der Waals surface area contributed by atoms with Gasteiger partial charge in [0.15, 0.2) is 10.8 Å². The van der Waals surface area contributed by atoms with E-state index in [2.05, 4.69) is 20.2 Å². The molecule has 1 fully saturated rings. The van der Waals surface area contributed by atoms with Crippen LogP contribution < -0.4 is 5.73 Å². The topological polar surface area (TPSA) is 80.5 Å². The molecular weight excluding hydrogens is 210 g/mol. The maximum atomic E-state index is 6.19. The second kappa shape index (κ2) is 3.11.